The molecule has 154 valence electrons. The Morgan fingerprint density at radius 2 is 1.67 bits per heavy atom. The summed E-state index contributed by atoms with van der Waals surface area (Å²) in [6.45, 7) is 3.87. The van der Waals surface area contributed by atoms with E-state index in [2.05, 4.69) is 15.7 Å². The number of hydrogen-bond donors (Lipinski definition) is 2. The molecule has 3 rings (SSSR count). The smallest absolute Gasteiger partial charge is 0.272 e. The third kappa shape index (κ3) is 5.16. The molecule has 2 N–H and O–H groups in total. The van der Waals surface area contributed by atoms with Crippen molar-refractivity contribution in [3.8, 4) is 5.69 Å². The molecule has 0 spiro atoms. The van der Waals surface area contributed by atoms with Gasteiger partial charge in [0, 0.05) is 24.2 Å². The molecule has 0 aliphatic heterocycles. The minimum Gasteiger partial charge on any atom is -0.347 e. The number of carbonyl (C=O) groups is 2. The summed E-state index contributed by atoms with van der Waals surface area (Å²) in [5, 5.41) is 9.60. The molecule has 2 aromatic carbocycles. The number of benzene rings is 2. The molecule has 0 atom stereocenters. The number of hydrogen-bond acceptors (Lipinski definition) is 4. The van der Waals surface area contributed by atoms with E-state index in [0.29, 0.717) is 11.4 Å². The Labute approximate surface area is 172 Å². The molecule has 1 aromatic heterocycles. The highest BCUT2D eigenvalue weighted by Gasteiger charge is 2.11. The maximum atomic E-state index is 13.1. The van der Waals surface area contributed by atoms with Crippen molar-refractivity contribution in [3.63, 3.8) is 0 Å². The molecule has 0 unspecified atom stereocenters. The standard InChI is InChI=1S/C22H21FN4O3/c1-14(2)21(29)25-17-7-3-15(4-8-17)13-24-22(30)19-11-12-20(28)27(26-19)18-9-5-16(23)6-10-18/h3-12,14H,13H2,1-2H3,(H,24,30)(H,25,29). The van der Waals surface area contributed by atoms with Crippen LogP contribution in [0.5, 0.6) is 0 Å². The van der Waals surface area contributed by atoms with Gasteiger partial charge in [0.2, 0.25) is 5.91 Å². The van der Waals surface area contributed by atoms with Gasteiger partial charge in [-0.05, 0) is 48.0 Å². The number of nitrogens with one attached hydrogen (secondary N) is 2. The fraction of sp³-hybridized carbons (Fsp3) is 0.182. The summed E-state index contributed by atoms with van der Waals surface area (Å²) >= 11 is 0. The van der Waals surface area contributed by atoms with Gasteiger partial charge in [-0.1, -0.05) is 26.0 Å². The molecule has 0 saturated heterocycles. The molecule has 3 aromatic rings. The minimum absolute atomic E-state index is 0.0553. The third-order valence-electron chi connectivity index (χ3n) is 4.30. The summed E-state index contributed by atoms with van der Waals surface area (Å²) < 4.78 is 14.1. The quantitative estimate of drug-likeness (QED) is 0.656. The van der Waals surface area contributed by atoms with Crippen molar-refractivity contribution >= 4 is 17.5 Å². The van der Waals surface area contributed by atoms with Crippen molar-refractivity contribution in [2.75, 3.05) is 5.32 Å². The molecule has 2 amide bonds. The highest BCUT2D eigenvalue weighted by atomic mass is 19.1. The Hall–Kier alpha value is -3.81. The van der Waals surface area contributed by atoms with E-state index < -0.39 is 17.3 Å². The van der Waals surface area contributed by atoms with E-state index >= 15 is 0 Å². The van der Waals surface area contributed by atoms with E-state index in [1.54, 1.807) is 24.3 Å². The van der Waals surface area contributed by atoms with Gasteiger partial charge in [-0.15, -0.1) is 0 Å². The molecule has 7 nitrogen and oxygen atoms in total. The predicted molar refractivity (Wildman–Crippen MR) is 111 cm³/mol. The molecular formula is C22H21FN4O3. The Morgan fingerprint density at radius 1 is 1.00 bits per heavy atom. The second-order valence-electron chi connectivity index (χ2n) is 6.97. The Kier molecular flexibility index (Phi) is 6.36. The number of halogens is 1. The topological polar surface area (TPSA) is 93.1 Å². The van der Waals surface area contributed by atoms with E-state index in [1.807, 2.05) is 13.8 Å². The highest BCUT2D eigenvalue weighted by Crippen LogP contribution is 2.11. The highest BCUT2D eigenvalue weighted by molar-refractivity contribution is 5.92. The fourth-order valence-corrected chi connectivity index (χ4v) is 2.56. The van der Waals surface area contributed by atoms with Crippen LogP contribution in [0.4, 0.5) is 10.1 Å². The number of nitrogens with zero attached hydrogens (tertiary/aromatic N) is 2. The largest absolute Gasteiger partial charge is 0.347 e. The van der Waals surface area contributed by atoms with Gasteiger partial charge in [0.1, 0.15) is 11.5 Å². The first-order chi connectivity index (χ1) is 14.3. The number of amides is 2. The number of carbonyl (C=O) groups excluding carboxylic acids is 2. The van der Waals surface area contributed by atoms with Gasteiger partial charge in [-0.2, -0.15) is 9.78 Å². The van der Waals surface area contributed by atoms with Crippen LogP contribution in [-0.4, -0.2) is 21.6 Å². The molecule has 0 saturated carbocycles. The average molecular weight is 408 g/mol. The normalized spacial score (nSPS) is 10.7. The van der Waals surface area contributed by atoms with E-state index in [9.17, 15) is 18.8 Å². The van der Waals surface area contributed by atoms with Crippen LogP contribution in [0.3, 0.4) is 0 Å². The van der Waals surface area contributed by atoms with Gasteiger partial charge < -0.3 is 10.6 Å². The number of rotatable bonds is 6. The van der Waals surface area contributed by atoms with Crippen LogP contribution in [0, 0.1) is 11.7 Å². The molecule has 0 radical (unpaired) electrons. The van der Waals surface area contributed by atoms with Crippen LogP contribution in [0.25, 0.3) is 5.69 Å². The lowest BCUT2D eigenvalue weighted by atomic mass is 10.1. The molecular weight excluding hydrogens is 387 g/mol. The first-order valence-electron chi connectivity index (χ1n) is 9.38. The van der Waals surface area contributed by atoms with Crippen molar-refractivity contribution in [1.82, 2.24) is 15.1 Å². The third-order valence-corrected chi connectivity index (χ3v) is 4.30. The van der Waals surface area contributed by atoms with Crippen molar-refractivity contribution in [2.24, 2.45) is 5.92 Å². The Balaban J connectivity index is 1.66. The first kappa shape index (κ1) is 20.9. The summed E-state index contributed by atoms with van der Waals surface area (Å²) in [4.78, 5) is 36.2. The van der Waals surface area contributed by atoms with Gasteiger partial charge in [0.15, 0.2) is 0 Å². The second kappa shape index (κ2) is 9.13. The first-order valence-corrected chi connectivity index (χ1v) is 9.38. The van der Waals surface area contributed by atoms with Crippen molar-refractivity contribution in [2.45, 2.75) is 20.4 Å². The van der Waals surface area contributed by atoms with Crippen LogP contribution in [0.15, 0.2) is 65.5 Å². The lowest BCUT2D eigenvalue weighted by molar-refractivity contribution is -0.118. The summed E-state index contributed by atoms with van der Waals surface area (Å²) in [7, 11) is 0. The van der Waals surface area contributed by atoms with Crippen molar-refractivity contribution in [3.05, 3.63) is 88.1 Å². The Bertz CT molecular complexity index is 1110. The second-order valence-corrected chi connectivity index (χ2v) is 6.97. The van der Waals surface area contributed by atoms with Gasteiger partial charge in [-0.3, -0.25) is 14.4 Å². The zero-order chi connectivity index (χ0) is 21.7. The minimum atomic E-state index is -0.456. The lowest BCUT2D eigenvalue weighted by Crippen LogP contribution is -2.28. The van der Waals surface area contributed by atoms with Gasteiger partial charge >= 0.3 is 0 Å². The molecule has 0 aliphatic carbocycles. The molecule has 0 aliphatic rings. The van der Waals surface area contributed by atoms with E-state index in [1.165, 1.54) is 36.4 Å². The van der Waals surface area contributed by atoms with Crippen LogP contribution in [0.2, 0.25) is 0 Å². The van der Waals surface area contributed by atoms with E-state index in [-0.39, 0.29) is 24.1 Å². The monoisotopic (exact) mass is 408 g/mol. The van der Waals surface area contributed by atoms with Gasteiger partial charge in [0.05, 0.1) is 5.69 Å². The summed E-state index contributed by atoms with van der Waals surface area (Å²) in [6.07, 6.45) is 0. The van der Waals surface area contributed by atoms with Crippen LogP contribution < -0.4 is 16.2 Å². The van der Waals surface area contributed by atoms with Crippen LogP contribution >= 0.6 is 0 Å². The lowest BCUT2D eigenvalue weighted by Gasteiger charge is -2.10. The maximum Gasteiger partial charge on any atom is 0.272 e. The van der Waals surface area contributed by atoms with Crippen molar-refractivity contribution < 1.29 is 14.0 Å². The van der Waals surface area contributed by atoms with E-state index in [4.69, 9.17) is 0 Å². The maximum absolute atomic E-state index is 13.1. The van der Waals surface area contributed by atoms with E-state index in [0.717, 1.165) is 10.2 Å². The SMILES string of the molecule is CC(C)C(=O)Nc1ccc(CNC(=O)c2ccc(=O)n(-c3ccc(F)cc3)n2)cc1. The van der Waals surface area contributed by atoms with Gasteiger partial charge in [-0.25, -0.2) is 4.39 Å². The predicted octanol–water partition coefficient (Wildman–Crippen LogP) is 2.90. The number of aromatic nitrogens is 2. The fourth-order valence-electron chi connectivity index (χ4n) is 2.56. The number of anilines is 1. The zero-order valence-corrected chi connectivity index (χ0v) is 16.6. The summed E-state index contributed by atoms with van der Waals surface area (Å²) in [5.74, 6) is -1.08. The summed E-state index contributed by atoms with van der Waals surface area (Å²) in [6, 6.07) is 14.9. The van der Waals surface area contributed by atoms with Crippen molar-refractivity contribution in [1.29, 1.82) is 0 Å². The Morgan fingerprint density at radius 3 is 2.30 bits per heavy atom. The average Bonchev–Trinajstić information content (AvgIpc) is 2.74. The summed E-state index contributed by atoms with van der Waals surface area (Å²) in [5.41, 5.74) is 1.49. The molecule has 1 heterocycles. The molecule has 8 heteroatoms. The van der Waals surface area contributed by atoms with Gasteiger partial charge in [0.25, 0.3) is 11.5 Å². The van der Waals surface area contributed by atoms with Crippen LogP contribution in [-0.2, 0) is 11.3 Å². The van der Waals surface area contributed by atoms with Crippen LogP contribution in [0.1, 0.15) is 29.9 Å². The zero-order valence-electron chi connectivity index (χ0n) is 16.6. The molecule has 0 fully saturated rings. The molecule has 0 bridgehead atoms. The molecule has 30 heavy (non-hydrogen) atoms.